The van der Waals surface area contributed by atoms with Crippen molar-refractivity contribution in [3.63, 3.8) is 0 Å². The first-order valence-electron chi connectivity index (χ1n) is 5.34. The molecule has 0 aromatic rings. The molecule has 0 aliphatic carbocycles. The Hall–Kier alpha value is -0.590. The second-order valence-electron chi connectivity index (χ2n) is 4.57. The van der Waals surface area contributed by atoms with Gasteiger partial charge in [-0.05, 0) is 25.2 Å². The van der Waals surface area contributed by atoms with E-state index in [4.69, 9.17) is 10.00 Å². The van der Waals surface area contributed by atoms with E-state index in [9.17, 15) is 0 Å². The van der Waals surface area contributed by atoms with Gasteiger partial charge in [-0.1, -0.05) is 6.92 Å². The van der Waals surface area contributed by atoms with Crippen LogP contribution in [0.25, 0.3) is 0 Å². The summed E-state index contributed by atoms with van der Waals surface area (Å²) in [5.41, 5.74) is 0.363. The number of hydrogen-bond donors (Lipinski definition) is 1. The summed E-state index contributed by atoms with van der Waals surface area (Å²) in [5.74, 6) is 0. The molecule has 1 heterocycles. The molecule has 1 unspecified atom stereocenters. The summed E-state index contributed by atoms with van der Waals surface area (Å²) < 4.78 is 5.34. The summed E-state index contributed by atoms with van der Waals surface area (Å²) in [5, 5.41) is 11.9. The van der Waals surface area contributed by atoms with Gasteiger partial charge in [-0.2, -0.15) is 5.26 Å². The van der Waals surface area contributed by atoms with E-state index in [1.807, 2.05) is 0 Å². The summed E-state index contributed by atoms with van der Waals surface area (Å²) in [7, 11) is 0. The Morgan fingerprint density at radius 2 is 2.14 bits per heavy atom. The molecular weight excluding hydrogens is 176 g/mol. The molecule has 3 heteroatoms. The molecular formula is C11H20N2O. The zero-order valence-electron chi connectivity index (χ0n) is 9.18. The van der Waals surface area contributed by atoms with E-state index in [0.29, 0.717) is 17.9 Å². The number of ether oxygens (including phenoxy) is 1. The summed E-state index contributed by atoms with van der Waals surface area (Å²) in [6.07, 6.45) is 2.84. The minimum atomic E-state index is 0.305. The zero-order chi connectivity index (χ0) is 10.4. The summed E-state index contributed by atoms with van der Waals surface area (Å²) in [6, 6.07) is 2.49. The first kappa shape index (κ1) is 11.5. The molecule has 1 atom stereocenters. The number of nitrogens with one attached hydrogen (secondary N) is 1. The third-order valence-electron chi connectivity index (χ3n) is 2.97. The highest BCUT2D eigenvalue weighted by molar-refractivity contribution is 4.83. The summed E-state index contributed by atoms with van der Waals surface area (Å²) in [6.45, 7) is 7.11. The maximum Gasteiger partial charge on any atom is 0.0638 e. The van der Waals surface area contributed by atoms with Crippen LogP contribution in [0.5, 0.6) is 0 Å². The Bertz CT molecular complexity index is 204. The van der Waals surface area contributed by atoms with E-state index in [0.717, 1.165) is 32.6 Å². The van der Waals surface area contributed by atoms with Gasteiger partial charge in [0.2, 0.25) is 0 Å². The Morgan fingerprint density at radius 3 is 2.71 bits per heavy atom. The van der Waals surface area contributed by atoms with Gasteiger partial charge in [0, 0.05) is 25.8 Å². The van der Waals surface area contributed by atoms with Crippen LogP contribution in [0.2, 0.25) is 0 Å². The molecule has 1 aliphatic heterocycles. The summed E-state index contributed by atoms with van der Waals surface area (Å²) in [4.78, 5) is 0. The van der Waals surface area contributed by atoms with Gasteiger partial charge in [-0.3, -0.25) is 0 Å². The van der Waals surface area contributed by atoms with Crippen LogP contribution in [0.4, 0.5) is 0 Å². The van der Waals surface area contributed by atoms with Crippen molar-refractivity contribution in [2.75, 3.05) is 19.8 Å². The minimum Gasteiger partial charge on any atom is -0.381 e. The Balaban J connectivity index is 2.25. The fourth-order valence-corrected chi connectivity index (χ4v) is 1.67. The van der Waals surface area contributed by atoms with Crippen LogP contribution in [-0.4, -0.2) is 25.8 Å². The summed E-state index contributed by atoms with van der Waals surface area (Å²) >= 11 is 0. The van der Waals surface area contributed by atoms with Crippen molar-refractivity contribution in [2.24, 2.45) is 5.41 Å². The van der Waals surface area contributed by atoms with Crippen molar-refractivity contribution in [2.45, 2.75) is 39.2 Å². The molecule has 14 heavy (non-hydrogen) atoms. The standard InChI is InChI=1S/C11H20N2O/c1-10(3-6-12)13-9-11(2)4-7-14-8-5-11/h10,13H,3-5,7-9H2,1-2H3. The highest BCUT2D eigenvalue weighted by Crippen LogP contribution is 2.28. The van der Waals surface area contributed by atoms with E-state index in [-0.39, 0.29) is 0 Å². The largest absolute Gasteiger partial charge is 0.381 e. The van der Waals surface area contributed by atoms with E-state index in [1.165, 1.54) is 0 Å². The Labute approximate surface area is 86.4 Å². The molecule has 0 saturated carbocycles. The van der Waals surface area contributed by atoms with E-state index >= 15 is 0 Å². The molecule has 0 aromatic carbocycles. The highest BCUT2D eigenvalue weighted by Gasteiger charge is 2.27. The van der Waals surface area contributed by atoms with E-state index in [1.54, 1.807) is 0 Å². The Morgan fingerprint density at radius 1 is 1.50 bits per heavy atom. The number of nitrogens with zero attached hydrogens (tertiary/aromatic N) is 1. The molecule has 80 valence electrons. The van der Waals surface area contributed by atoms with Gasteiger partial charge < -0.3 is 10.1 Å². The smallest absolute Gasteiger partial charge is 0.0638 e. The van der Waals surface area contributed by atoms with Gasteiger partial charge in [0.1, 0.15) is 0 Å². The van der Waals surface area contributed by atoms with E-state index in [2.05, 4.69) is 25.2 Å². The molecule has 1 saturated heterocycles. The van der Waals surface area contributed by atoms with Gasteiger partial charge in [0.05, 0.1) is 12.5 Å². The average Bonchev–Trinajstić information content (AvgIpc) is 2.17. The molecule has 0 spiro atoms. The second-order valence-corrected chi connectivity index (χ2v) is 4.57. The average molecular weight is 196 g/mol. The third-order valence-corrected chi connectivity index (χ3v) is 2.97. The van der Waals surface area contributed by atoms with Crippen molar-refractivity contribution in [3.8, 4) is 6.07 Å². The lowest BCUT2D eigenvalue weighted by atomic mass is 9.82. The maximum absolute atomic E-state index is 8.53. The number of nitriles is 1. The molecule has 0 aromatic heterocycles. The van der Waals surface area contributed by atoms with Gasteiger partial charge in [-0.25, -0.2) is 0 Å². The van der Waals surface area contributed by atoms with Crippen LogP contribution in [-0.2, 0) is 4.74 Å². The van der Waals surface area contributed by atoms with Crippen molar-refractivity contribution in [1.29, 1.82) is 5.26 Å². The SMILES string of the molecule is CC(CC#N)NCC1(C)CCOCC1. The van der Waals surface area contributed by atoms with Crippen LogP contribution in [0.1, 0.15) is 33.1 Å². The predicted molar refractivity (Wildman–Crippen MR) is 55.9 cm³/mol. The van der Waals surface area contributed by atoms with Crippen molar-refractivity contribution in [1.82, 2.24) is 5.32 Å². The molecule has 1 N–H and O–H groups in total. The van der Waals surface area contributed by atoms with Crippen LogP contribution in [0, 0.1) is 16.7 Å². The lowest BCUT2D eigenvalue weighted by Crippen LogP contribution is -2.40. The van der Waals surface area contributed by atoms with Gasteiger partial charge in [-0.15, -0.1) is 0 Å². The molecule has 1 aliphatic rings. The third kappa shape index (κ3) is 3.65. The molecule has 0 radical (unpaired) electrons. The normalized spacial score (nSPS) is 22.6. The fourth-order valence-electron chi connectivity index (χ4n) is 1.67. The monoisotopic (exact) mass is 196 g/mol. The fraction of sp³-hybridized carbons (Fsp3) is 0.909. The van der Waals surface area contributed by atoms with Crippen molar-refractivity contribution in [3.05, 3.63) is 0 Å². The predicted octanol–water partition coefficient (Wildman–Crippen LogP) is 1.69. The lowest BCUT2D eigenvalue weighted by Gasteiger charge is -2.34. The molecule has 0 amide bonds. The Kier molecular flexibility index (Phi) is 4.37. The van der Waals surface area contributed by atoms with Gasteiger partial charge in [0.15, 0.2) is 0 Å². The zero-order valence-corrected chi connectivity index (χ0v) is 9.18. The quantitative estimate of drug-likeness (QED) is 0.744. The first-order valence-corrected chi connectivity index (χ1v) is 5.34. The van der Waals surface area contributed by atoms with Crippen molar-refractivity contribution >= 4 is 0 Å². The minimum absolute atomic E-state index is 0.305. The molecule has 0 bridgehead atoms. The van der Waals surface area contributed by atoms with Gasteiger partial charge in [0.25, 0.3) is 0 Å². The van der Waals surface area contributed by atoms with Crippen molar-refractivity contribution < 1.29 is 4.74 Å². The van der Waals surface area contributed by atoms with Crippen LogP contribution in [0.3, 0.4) is 0 Å². The second kappa shape index (κ2) is 5.33. The van der Waals surface area contributed by atoms with Gasteiger partial charge >= 0.3 is 0 Å². The van der Waals surface area contributed by atoms with Crippen LogP contribution in [0.15, 0.2) is 0 Å². The lowest BCUT2D eigenvalue weighted by molar-refractivity contribution is 0.0231. The topological polar surface area (TPSA) is 45.0 Å². The van der Waals surface area contributed by atoms with Crippen LogP contribution < -0.4 is 5.32 Å². The molecule has 1 rings (SSSR count). The molecule has 3 nitrogen and oxygen atoms in total. The first-order chi connectivity index (χ1) is 6.66. The number of hydrogen-bond acceptors (Lipinski definition) is 3. The van der Waals surface area contributed by atoms with Crippen LogP contribution >= 0.6 is 0 Å². The number of rotatable bonds is 4. The molecule has 1 fully saturated rings. The van der Waals surface area contributed by atoms with E-state index < -0.39 is 0 Å². The maximum atomic E-state index is 8.53. The highest BCUT2D eigenvalue weighted by atomic mass is 16.5.